The molecule has 2 unspecified atom stereocenters. The number of amides is 1. The summed E-state index contributed by atoms with van der Waals surface area (Å²) in [5.74, 6) is -0.979. The SMILES string of the molecule is Cn1cc(-c2cnn3c(N)cc(C4CCC(C(=O)O)N(C(=O)c5cccs5)C4)nc23)cn1. The van der Waals surface area contributed by atoms with E-state index in [1.165, 1.54) is 16.2 Å². The summed E-state index contributed by atoms with van der Waals surface area (Å²) in [5.41, 5.74) is 9.27. The number of anilines is 1. The molecule has 1 fully saturated rings. The molecule has 1 aliphatic heterocycles. The van der Waals surface area contributed by atoms with Crippen LogP contribution in [-0.4, -0.2) is 58.8 Å². The second-order valence-electron chi connectivity index (χ2n) is 7.87. The summed E-state index contributed by atoms with van der Waals surface area (Å²) >= 11 is 1.30. The molecule has 0 spiro atoms. The van der Waals surface area contributed by atoms with Gasteiger partial charge in [0.05, 0.1) is 23.0 Å². The summed E-state index contributed by atoms with van der Waals surface area (Å²) in [6, 6.07) is 4.39. The maximum Gasteiger partial charge on any atom is 0.326 e. The Labute approximate surface area is 186 Å². The van der Waals surface area contributed by atoms with Crippen molar-refractivity contribution in [3.63, 3.8) is 0 Å². The number of nitrogen functional groups attached to an aromatic ring is 1. The number of aliphatic carboxylic acids is 1. The maximum atomic E-state index is 13.0. The smallest absolute Gasteiger partial charge is 0.326 e. The molecule has 4 aromatic rings. The molecular formula is C21H21N7O3S. The zero-order valence-electron chi connectivity index (χ0n) is 17.3. The highest BCUT2D eigenvalue weighted by molar-refractivity contribution is 7.12. The van der Waals surface area contributed by atoms with E-state index in [0.29, 0.717) is 34.9 Å². The molecule has 1 saturated heterocycles. The first-order chi connectivity index (χ1) is 15.4. The molecule has 2 atom stereocenters. The van der Waals surface area contributed by atoms with Crippen LogP contribution in [0.1, 0.15) is 34.1 Å². The number of rotatable bonds is 4. The van der Waals surface area contributed by atoms with Crippen molar-refractivity contribution in [1.29, 1.82) is 0 Å². The van der Waals surface area contributed by atoms with Crippen LogP contribution in [0.5, 0.6) is 0 Å². The second kappa shape index (κ2) is 7.75. The Kier molecular flexibility index (Phi) is 4.89. The van der Waals surface area contributed by atoms with Crippen LogP contribution in [0.15, 0.2) is 42.2 Å². The van der Waals surface area contributed by atoms with Gasteiger partial charge in [-0.3, -0.25) is 9.48 Å². The van der Waals surface area contributed by atoms with E-state index in [4.69, 9.17) is 10.7 Å². The van der Waals surface area contributed by atoms with E-state index in [0.717, 1.165) is 11.1 Å². The molecule has 0 aromatic carbocycles. The Balaban J connectivity index is 1.52. The van der Waals surface area contributed by atoms with Gasteiger partial charge in [-0.25, -0.2) is 9.78 Å². The van der Waals surface area contributed by atoms with E-state index in [-0.39, 0.29) is 18.4 Å². The Morgan fingerprint density at radius 2 is 2.09 bits per heavy atom. The molecule has 1 aliphatic rings. The van der Waals surface area contributed by atoms with Crippen molar-refractivity contribution < 1.29 is 14.7 Å². The monoisotopic (exact) mass is 451 g/mol. The first-order valence-electron chi connectivity index (χ1n) is 10.1. The summed E-state index contributed by atoms with van der Waals surface area (Å²) in [5, 5.41) is 20.1. The molecule has 11 heteroatoms. The number of hydrogen-bond acceptors (Lipinski definition) is 7. The van der Waals surface area contributed by atoms with E-state index < -0.39 is 12.0 Å². The van der Waals surface area contributed by atoms with Gasteiger partial charge in [0.2, 0.25) is 0 Å². The fourth-order valence-electron chi connectivity index (χ4n) is 4.21. The number of nitrogens with two attached hydrogens (primary N) is 1. The predicted molar refractivity (Wildman–Crippen MR) is 118 cm³/mol. The quantitative estimate of drug-likeness (QED) is 0.486. The summed E-state index contributed by atoms with van der Waals surface area (Å²) < 4.78 is 3.27. The van der Waals surface area contributed by atoms with Crippen LogP contribution in [0.4, 0.5) is 5.82 Å². The third-order valence-corrected chi connectivity index (χ3v) is 6.67. The Bertz CT molecular complexity index is 1310. The number of piperidine rings is 1. The van der Waals surface area contributed by atoms with Gasteiger partial charge < -0.3 is 15.7 Å². The molecule has 3 N–H and O–H groups in total. The third-order valence-electron chi connectivity index (χ3n) is 5.81. The Morgan fingerprint density at radius 1 is 1.25 bits per heavy atom. The van der Waals surface area contributed by atoms with Crippen molar-refractivity contribution >= 4 is 34.7 Å². The van der Waals surface area contributed by atoms with Crippen LogP contribution in [0.3, 0.4) is 0 Å². The molecule has 0 radical (unpaired) electrons. The highest BCUT2D eigenvalue weighted by atomic mass is 32.1. The molecule has 10 nitrogen and oxygen atoms in total. The Morgan fingerprint density at radius 3 is 2.78 bits per heavy atom. The number of fused-ring (bicyclic) bond motifs is 1. The van der Waals surface area contributed by atoms with Crippen molar-refractivity contribution in [3.05, 3.63) is 52.7 Å². The van der Waals surface area contributed by atoms with Crippen molar-refractivity contribution in [2.24, 2.45) is 7.05 Å². The van der Waals surface area contributed by atoms with Crippen molar-refractivity contribution in [2.45, 2.75) is 24.8 Å². The van der Waals surface area contributed by atoms with Gasteiger partial charge in [0.25, 0.3) is 5.91 Å². The van der Waals surface area contributed by atoms with Gasteiger partial charge in [-0.05, 0) is 24.3 Å². The van der Waals surface area contributed by atoms with E-state index in [1.807, 2.05) is 13.2 Å². The number of carboxylic acid groups (broad SMARTS) is 1. The van der Waals surface area contributed by atoms with Gasteiger partial charge in [0.15, 0.2) is 5.65 Å². The van der Waals surface area contributed by atoms with Crippen molar-refractivity contribution in [3.8, 4) is 11.1 Å². The molecule has 32 heavy (non-hydrogen) atoms. The summed E-state index contributed by atoms with van der Waals surface area (Å²) in [6.07, 6.45) is 6.25. The highest BCUT2D eigenvalue weighted by Crippen LogP contribution is 2.33. The molecule has 0 saturated carbocycles. The van der Waals surface area contributed by atoms with Gasteiger partial charge in [-0.15, -0.1) is 11.3 Å². The fourth-order valence-corrected chi connectivity index (χ4v) is 4.89. The van der Waals surface area contributed by atoms with E-state index in [9.17, 15) is 14.7 Å². The van der Waals surface area contributed by atoms with Gasteiger partial charge in [0, 0.05) is 42.9 Å². The average molecular weight is 452 g/mol. The lowest BCUT2D eigenvalue weighted by Gasteiger charge is -2.37. The van der Waals surface area contributed by atoms with E-state index in [1.54, 1.807) is 45.2 Å². The van der Waals surface area contributed by atoms with Gasteiger partial charge in [-0.1, -0.05) is 6.07 Å². The fraction of sp³-hybridized carbons (Fsp3) is 0.286. The lowest BCUT2D eigenvalue weighted by Crippen LogP contribution is -2.50. The molecule has 0 aliphatic carbocycles. The van der Waals surface area contributed by atoms with Crippen LogP contribution in [0.2, 0.25) is 0 Å². The summed E-state index contributed by atoms with van der Waals surface area (Å²) in [4.78, 5) is 31.7. The van der Waals surface area contributed by atoms with Crippen LogP contribution in [0, 0.1) is 0 Å². The second-order valence-corrected chi connectivity index (χ2v) is 8.81. The van der Waals surface area contributed by atoms with E-state index in [2.05, 4.69) is 10.2 Å². The number of thiophene rings is 1. The number of aryl methyl sites for hydroxylation is 1. The first kappa shape index (κ1) is 20.2. The molecule has 0 bridgehead atoms. The number of carboxylic acids is 1. The predicted octanol–water partition coefficient (Wildman–Crippen LogP) is 2.25. The lowest BCUT2D eigenvalue weighted by atomic mass is 9.89. The summed E-state index contributed by atoms with van der Waals surface area (Å²) in [6.45, 7) is 0.257. The number of aromatic nitrogens is 5. The summed E-state index contributed by atoms with van der Waals surface area (Å²) in [7, 11) is 1.84. The average Bonchev–Trinajstić information content (AvgIpc) is 3.53. The van der Waals surface area contributed by atoms with Crippen molar-refractivity contribution in [1.82, 2.24) is 29.3 Å². The molecule has 1 amide bonds. The number of hydrogen-bond donors (Lipinski definition) is 2. The number of carbonyl (C=O) groups excluding carboxylic acids is 1. The molecule has 4 aromatic heterocycles. The molecule has 164 valence electrons. The number of nitrogens with zero attached hydrogens (tertiary/aromatic N) is 6. The lowest BCUT2D eigenvalue weighted by molar-refractivity contribution is -0.143. The minimum atomic E-state index is -0.995. The Hall–Kier alpha value is -3.73. The molecular weight excluding hydrogens is 430 g/mol. The van der Waals surface area contributed by atoms with Gasteiger partial charge in [0.1, 0.15) is 11.9 Å². The number of likely N-dealkylation sites (tertiary alicyclic amines) is 1. The van der Waals surface area contributed by atoms with Gasteiger partial charge in [-0.2, -0.15) is 14.7 Å². The topological polar surface area (TPSA) is 132 Å². The van der Waals surface area contributed by atoms with Crippen LogP contribution in [0.25, 0.3) is 16.8 Å². The van der Waals surface area contributed by atoms with E-state index >= 15 is 0 Å². The standard InChI is InChI=1S/C21H21N7O3S/c1-26-10-13(8-23-26)14-9-24-28-18(22)7-15(25-19(14)28)12-4-5-16(21(30)31)27(11-12)20(29)17-3-2-6-32-17/h2-3,6-10,12,16H,4-5,11,22H2,1H3,(H,30,31). The van der Waals surface area contributed by atoms with Crippen LogP contribution in [-0.2, 0) is 11.8 Å². The van der Waals surface area contributed by atoms with Crippen LogP contribution < -0.4 is 5.73 Å². The van der Waals surface area contributed by atoms with Crippen molar-refractivity contribution in [2.75, 3.05) is 12.3 Å². The van der Waals surface area contributed by atoms with Gasteiger partial charge >= 0.3 is 5.97 Å². The largest absolute Gasteiger partial charge is 0.480 e. The minimum absolute atomic E-state index is 0.140. The first-order valence-corrected chi connectivity index (χ1v) is 11.0. The number of carbonyl (C=O) groups is 2. The zero-order chi connectivity index (χ0) is 22.4. The molecule has 5 heterocycles. The minimum Gasteiger partial charge on any atom is -0.480 e. The third kappa shape index (κ3) is 3.40. The highest BCUT2D eigenvalue weighted by Gasteiger charge is 2.38. The maximum absolute atomic E-state index is 13.0. The molecule has 5 rings (SSSR count). The normalized spacial score (nSPS) is 18.8. The zero-order valence-corrected chi connectivity index (χ0v) is 18.1. The van der Waals surface area contributed by atoms with Crippen LogP contribution >= 0.6 is 11.3 Å².